The van der Waals surface area contributed by atoms with Crippen LogP contribution in [0.15, 0.2) is 36.4 Å². The molecule has 0 spiro atoms. The van der Waals surface area contributed by atoms with E-state index in [0.717, 1.165) is 37.7 Å². The van der Waals surface area contributed by atoms with E-state index in [-0.39, 0.29) is 17.6 Å². The highest BCUT2D eigenvalue weighted by molar-refractivity contribution is 5.79. The molecular weight excluding hydrogens is 253 g/mol. The summed E-state index contributed by atoms with van der Waals surface area (Å²) in [5, 5.41) is 0. The Morgan fingerprint density at radius 1 is 1.25 bits per heavy atom. The monoisotopic (exact) mass is 273 g/mol. The lowest BCUT2D eigenvalue weighted by Gasteiger charge is -2.28. The van der Waals surface area contributed by atoms with E-state index in [1.807, 2.05) is 11.0 Å². The Balaban J connectivity index is 1.72. The van der Waals surface area contributed by atoms with Crippen LogP contribution in [0.25, 0.3) is 0 Å². The maximum Gasteiger partial charge on any atom is 0.226 e. The molecule has 1 saturated carbocycles. The molecule has 0 aliphatic heterocycles. The molecule has 2 aliphatic rings. The first-order chi connectivity index (χ1) is 9.74. The third-order valence-corrected chi connectivity index (χ3v) is 4.13. The Labute approximate surface area is 119 Å². The van der Waals surface area contributed by atoms with E-state index in [2.05, 4.69) is 12.2 Å². The van der Waals surface area contributed by atoms with Crippen LogP contribution in [-0.4, -0.2) is 16.8 Å². The van der Waals surface area contributed by atoms with Crippen molar-refractivity contribution in [1.29, 1.82) is 0 Å². The summed E-state index contributed by atoms with van der Waals surface area (Å²) in [7, 11) is 0. The molecule has 0 radical (unpaired) electrons. The minimum atomic E-state index is -0.230. The molecule has 1 atom stereocenters. The predicted octanol–water partition coefficient (Wildman–Crippen LogP) is 3.67. The first-order valence-corrected chi connectivity index (χ1v) is 7.44. The minimum absolute atomic E-state index is 0.120. The highest BCUT2D eigenvalue weighted by Gasteiger charge is 2.35. The number of amides is 1. The summed E-state index contributed by atoms with van der Waals surface area (Å²) in [4.78, 5) is 14.6. The predicted molar refractivity (Wildman–Crippen MR) is 76.5 cm³/mol. The molecule has 106 valence electrons. The van der Waals surface area contributed by atoms with Gasteiger partial charge in [0.05, 0.1) is 0 Å². The Bertz CT molecular complexity index is 521. The van der Waals surface area contributed by atoms with Gasteiger partial charge in [-0.1, -0.05) is 24.3 Å². The summed E-state index contributed by atoms with van der Waals surface area (Å²) in [6, 6.07) is 6.95. The average Bonchev–Trinajstić information content (AvgIpc) is 3.30. The Morgan fingerprint density at radius 2 is 2.10 bits per heavy atom. The van der Waals surface area contributed by atoms with Crippen LogP contribution in [0.3, 0.4) is 0 Å². The molecule has 2 nitrogen and oxygen atoms in total. The van der Waals surface area contributed by atoms with E-state index in [1.165, 1.54) is 12.1 Å². The maximum atomic E-state index is 13.3. The fourth-order valence-electron chi connectivity index (χ4n) is 2.86. The van der Waals surface area contributed by atoms with Crippen LogP contribution in [0, 0.1) is 11.7 Å². The summed E-state index contributed by atoms with van der Waals surface area (Å²) in [5.41, 5.74) is 0.886. The number of hydrogen-bond donors (Lipinski definition) is 0. The van der Waals surface area contributed by atoms with Crippen molar-refractivity contribution >= 4 is 5.91 Å². The summed E-state index contributed by atoms with van der Waals surface area (Å²) < 4.78 is 13.3. The third-order valence-electron chi connectivity index (χ3n) is 4.13. The molecule has 20 heavy (non-hydrogen) atoms. The van der Waals surface area contributed by atoms with Crippen LogP contribution in [0.4, 0.5) is 4.39 Å². The van der Waals surface area contributed by atoms with Gasteiger partial charge in [-0.05, 0) is 49.8 Å². The van der Waals surface area contributed by atoms with Crippen molar-refractivity contribution in [3.05, 3.63) is 47.8 Å². The molecule has 3 heteroatoms. The van der Waals surface area contributed by atoms with Gasteiger partial charge in [-0.25, -0.2) is 4.39 Å². The van der Waals surface area contributed by atoms with Gasteiger partial charge in [-0.2, -0.15) is 0 Å². The molecule has 0 heterocycles. The van der Waals surface area contributed by atoms with Gasteiger partial charge in [0, 0.05) is 18.5 Å². The van der Waals surface area contributed by atoms with Gasteiger partial charge in [-0.3, -0.25) is 4.79 Å². The van der Waals surface area contributed by atoms with E-state index in [0.29, 0.717) is 12.6 Å². The number of nitrogens with zero attached hydrogens (tertiary/aromatic N) is 1. The van der Waals surface area contributed by atoms with Crippen molar-refractivity contribution in [2.24, 2.45) is 5.92 Å². The van der Waals surface area contributed by atoms with Crippen LogP contribution in [0.1, 0.15) is 37.7 Å². The number of carbonyl (C=O) groups excluding carboxylic acids is 1. The van der Waals surface area contributed by atoms with Crippen molar-refractivity contribution < 1.29 is 9.18 Å². The van der Waals surface area contributed by atoms with Gasteiger partial charge in [0.2, 0.25) is 5.91 Å². The van der Waals surface area contributed by atoms with Gasteiger partial charge in [0.1, 0.15) is 5.82 Å². The van der Waals surface area contributed by atoms with Crippen molar-refractivity contribution in [2.45, 2.75) is 44.7 Å². The normalized spacial score (nSPS) is 21.8. The number of rotatable bonds is 4. The Morgan fingerprint density at radius 3 is 2.75 bits per heavy atom. The lowest BCUT2D eigenvalue weighted by Crippen LogP contribution is -2.37. The van der Waals surface area contributed by atoms with Crippen molar-refractivity contribution in [2.75, 3.05) is 0 Å². The van der Waals surface area contributed by atoms with Gasteiger partial charge < -0.3 is 4.90 Å². The molecule has 1 amide bonds. The second-order valence-corrected chi connectivity index (χ2v) is 5.81. The van der Waals surface area contributed by atoms with Crippen molar-refractivity contribution in [3.63, 3.8) is 0 Å². The molecule has 0 bridgehead atoms. The largest absolute Gasteiger partial charge is 0.335 e. The second kappa shape index (κ2) is 5.78. The fourth-order valence-corrected chi connectivity index (χ4v) is 2.86. The molecule has 1 unspecified atom stereocenters. The zero-order valence-corrected chi connectivity index (χ0v) is 11.6. The van der Waals surface area contributed by atoms with Crippen LogP contribution in [0.5, 0.6) is 0 Å². The van der Waals surface area contributed by atoms with Crippen molar-refractivity contribution in [3.8, 4) is 0 Å². The average molecular weight is 273 g/mol. The zero-order chi connectivity index (χ0) is 13.9. The van der Waals surface area contributed by atoms with Crippen LogP contribution in [0.2, 0.25) is 0 Å². The number of hydrogen-bond acceptors (Lipinski definition) is 1. The zero-order valence-electron chi connectivity index (χ0n) is 11.6. The first kappa shape index (κ1) is 13.3. The van der Waals surface area contributed by atoms with E-state index in [1.54, 1.807) is 6.07 Å². The van der Waals surface area contributed by atoms with Gasteiger partial charge >= 0.3 is 0 Å². The summed E-state index contributed by atoms with van der Waals surface area (Å²) in [5.74, 6) is 0.140. The Kier molecular flexibility index (Phi) is 3.86. The summed E-state index contributed by atoms with van der Waals surface area (Å²) in [6.45, 7) is 0.543. The molecule has 2 aliphatic carbocycles. The van der Waals surface area contributed by atoms with E-state index in [4.69, 9.17) is 0 Å². The van der Waals surface area contributed by atoms with Gasteiger partial charge in [0.25, 0.3) is 0 Å². The third kappa shape index (κ3) is 3.09. The van der Waals surface area contributed by atoms with Gasteiger partial charge in [0.15, 0.2) is 0 Å². The standard InChI is InChI=1S/C17H20FNO/c18-15-8-4-5-13(11-15)12-19(16-9-10-16)17(20)14-6-2-1-3-7-14/h1-2,4-5,8,11,14,16H,3,6-7,9-10,12H2. The van der Waals surface area contributed by atoms with E-state index < -0.39 is 0 Å². The molecule has 1 aromatic carbocycles. The van der Waals surface area contributed by atoms with Crippen LogP contribution < -0.4 is 0 Å². The SMILES string of the molecule is O=C(C1CC=CCC1)N(Cc1cccc(F)c1)C1CC1. The summed E-state index contributed by atoms with van der Waals surface area (Å²) in [6.07, 6.45) is 9.23. The van der Waals surface area contributed by atoms with E-state index >= 15 is 0 Å². The fraction of sp³-hybridized carbons (Fsp3) is 0.471. The van der Waals surface area contributed by atoms with Gasteiger partial charge in [-0.15, -0.1) is 0 Å². The quantitative estimate of drug-likeness (QED) is 0.766. The summed E-state index contributed by atoms with van der Waals surface area (Å²) >= 11 is 0. The molecule has 0 saturated heterocycles. The number of halogens is 1. The molecule has 1 fully saturated rings. The molecular formula is C17H20FNO. The first-order valence-electron chi connectivity index (χ1n) is 7.44. The lowest BCUT2D eigenvalue weighted by atomic mass is 9.93. The number of carbonyl (C=O) groups is 1. The van der Waals surface area contributed by atoms with Crippen molar-refractivity contribution in [1.82, 2.24) is 4.90 Å². The van der Waals surface area contributed by atoms with Crippen LogP contribution in [-0.2, 0) is 11.3 Å². The second-order valence-electron chi connectivity index (χ2n) is 5.81. The number of allylic oxidation sites excluding steroid dienone is 2. The molecule has 1 aromatic rings. The topological polar surface area (TPSA) is 20.3 Å². The highest BCUT2D eigenvalue weighted by Crippen LogP contribution is 2.32. The minimum Gasteiger partial charge on any atom is -0.335 e. The highest BCUT2D eigenvalue weighted by atomic mass is 19.1. The molecule has 0 aromatic heterocycles. The maximum absolute atomic E-state index is 13.3. The Hall–Kier alpha value is -1.64. The number of benzene rings is 1. The molecule has 3 rings (SSSR count). The smallest absolute Gasteiger partial charge is 0.226 e. The molecule has 0 N–H and O–H groups in total. The lowest BCUT2D eigenvalue weighted by molar-refractivity contribution is -0.137. The van der Waals surface area contributed by atoms with E-state index in [9.17, 15) is 9.18 Å². The van der Waals surface area contributed by atoms with Crippen LogP contribution >= 0.6 is 0 Å².